The minimum atomic E-state index is -1.66. The summed E-state index contributed by atoms with van der Waals surface area (Å²) in [5.74, 6) is -5.92. The maximum absolute atomic E-state index is 14.2. The normalized spacial score (nSPS) is 40.6. The first kappa shape index (κ1) is 32.7. The van der Waals surface area contributed by atoms with Gasteiger partial charge in [-0.15, -0.1) is 0 Å². The van der Waals surface area contributed by atoms with Crippen molar-refractivity contribution >= 4 is 23.9 Å². The zero-order valence-electron chi connectivity index (χ0n) is 27.2. The highest BCUT2D eigenvalue weighted by molar-refractivity contribution is 5.95. The number of carbonyl (C=O) groups is 4. The van der Waals surface area contributed by atoms with E-state index in [1.165, 1.54) is 6.92 Å². The monoisotopic (exact) mass is 638 g/mol. The summed E-state index contributed by atoms with van der Waals surface area (Å²) in [7, 11) is 3.94. The molecule has 12 atom stereocenters. The number of likely N-dealkylation sites (N-methyl/N-ethyl adjacent to an activating group) is 2. The molecule has 1 aromatic carbocycles. The Labute approximate surface area is 269 Å². The van der Waals surface area contributed by atoms with Crippen molar-refractivity contribution in [1.29, 1.82) is 0 Å². The second kappa shape index (κ2) is 12.4. The van der Waals surface area contributed by atoms with Gasteiger partial charge in [-0.1, -0.05) is 36.4 Å². The van der Waals surface area contributed by atoms with Gasteiger partial charge >= 0.3 is 23.9 Å². The Morgan fingerprint density at radius 1 is 0.848 bits per heavy atom. The molecule has 4 bridgehead atoms. The van der Waals surface area contributed by atoms with Gasteiger partial charge in [0.2, 0.25) is 0 Å². The number of piperidine rings is 2. The summed E-state index contributed by atoms with van der Waals surface area (Å²) in [6.07, 6.45) is 3.15. The van der Waals surface area contributed by atoms with E-state index >= 15 is 0 Å². The van der Waals surface area contributed by atoms with Gasteiger partial charge in [0, 0.05) is 55.3 Å². The summed E-state index contributed by atoms with van der Waals surface area (Å²) in [5.41, 5.74) is -0.479. The molecule has 11 heteroatoms. The number of carbonyl (C=O) groups excluding carboxylic acids is 3. The summed E-state index contributed by atoms with van der Waals surface area (Å²) in [5, 5.41) is 20.8. The molecule has 4 saturated heterocycles. The fraction of sp³-hybridized carbons (Fsp3) is 0.657. The van der Waals surface area contributed by atoms with Crippen LogP contribution >= 0.6 is 0 Å². The van der Waals surface area contributed by atoms with Gasteiger partial charge in [0.05, 0.1) is 29.4 Å². The van der Waals surface area contributed by atoms with E-state index < -0.39 is 59.4 Å². The largest absolute Gasteiger partial charge is 0.481 e. The molecule has 250 valence electrons. The number of fused-ring (bicyclic) bond motifs is 4. The molecule has 0 spiro atoms. The molecule has 46 heavy (non-hydrogen) atoms. The molecular weight excluding hydrogens is 592 g/mol. The Morgan fingerprint density at radius 2 is 1.46 bits per heavy atom. The van der Waals surface area contributed by atoms with Crippen molar-refractivity contribution in [3.8, 4) is 0 Å². The molecule has 1 saturated carbocycles. The molecule has 2 N–H and O–H groups in total. The van der Waals surface area contributed by atoms with E-state index in [4.69, 9.17) is 14.2 Å². The Hall–Kier alpha value is -3.28. The van der Waals surface area contributed by atoms with Crippen LogP contribution in [0.4, 0.5) is 0 Å². The van der Waals surface area contributed by atoms with Crippen molar-refractivity contribution in [2.24, 2.45) is 17.3 Å². The molecule has 4 heterocycles. The average molecular weight is 639 g/mol. The number of carboxylic acids is 1. The Morgan fingerprint density at radius 3 is 2.09 bits per heavy atom. The molecule has 1 aliphatic carbocycles. The number of nitrogens with zero attached hydrogens (tertiary/aromatic N) is 2. The highest BCUT2D eigenvalue weighted by Gasteiger charge is 2.71. The molecule has 11 nitrogen and oxygen atoms in total. The lowest BCUT2D eigenvalue weighted by molar-refractivity contribution is -0.207. The number of ether oxygens (including phenoxy) is 3. The van der Waals surface area contributed by atoms with Gasteiger partial charge in [-0.3, -0.25) is 24.2 Å². The topological polar surface area (TPSA) is 143 Å². The minimum absolute atomic E-state index is 0.0451. The van der Waals surface area contributed by atoms with Gasteiger partial charge in [-0.2, -0.15) is 0 Å². The van der Waals surface area contributed by atoms with Crippen LogP contribution in [0.5, 0.6) is 0 Å². The predicted octanol–water partition coefficient (Wildman–Crippen LogP) is 2.90. The second-order valence-corrected chi connectivity index (χ2v) is 14.3. The van der Waals surface area contributed by atoms with E-state index in [2.05, 4.69) is 9.80 Å². The minimum Gasteiger partial charge on any atom is -0.481 e. The Bertz CT molecular complexity index is 1400. The molecule has 5 aliphatic rings. The second-order valence-electron chi connectivity index (χ2n) is 14.3. The van der Waals surface area contributed by atoms with Crippen LogP contribution in [-0.2, 0) is 33.4 Å². The maximum atomic E-state index is 14.2. The number of benzene rings is 1. The number of allylic oxidation sites excluding steroid dienone is 1. The smallest absolute Gasteiger partial charge is 0.333 e. The third-order valence-electron chi connectivity index (χ3n) is 11.9. The number of esters is 3. The van der Waals surface area contributed by atoms with Crippen molar-refractivity contribution in [2.75, 3.05) is 14.1 Å². The quantitative estimate of drug-likeness (QED) is 0.247. The van der Waals surface area contributed by atoms with Gasteiger partial charge in [-0.25, -0.2) is 4.79 Å². The van der Waals surface area contributed by atoms with Crippen LogP contribution < -0.4 is 0 Å². The molecule has 5 fully saturated rings. The third-order valence-corrected chi connectivity index (χ3v) is 11.9. The third kappa shape index (κ3) is 5.44. The molecule has 4 aliphatic heterocycles. The molecule has 0 radical (unpaired) electrons. The summed E-state index contributed by atoms with van der Waals surface area (Å²) in [6, 6.07) is 8.76. The van der Waals surface area contributed by atoms with E-state index in [1.807, 2.05) is 20.2 Å². The lowest BCUT2D eigenvalue weighted by atomic mass is 9.45. The fourth-order valence-electron chi connectivity index (χ4n) is 9.10. The van der Waals surface area contributed by atoms with Crippen molar-refractivity contribution < 1.29 is 43.6 Å². The SMILES string of the molecule is C/C=C(\C)C(=O)O[C@H]1C[C@@H]2C[C@@H](OC(=O)[C@H]3[C@@H](c4ccccc4)[C@H](C(=O)O)[C@]3(C)C(=O)O[C@H]3C[C@@H]4C[C@@H](O)C[C@H]3N4C)C[C@H]1N2C. The van der Waals surface area contributed by atoms with Crippen molar-refractivity contribution in [2.45, 2.75) is 114 Å². The molecule has 0 amide bonds. The molecule has 0 aromatic heterocycles. The van der Waals surface area contributed by atoms with Crippen molar-refractivity contribution in [3.63, 3.8) is 0 Å². The number of hydrogen-bond acceptors (Lipinski definition) is 10. The number of rotatable bonds is 8. The van der Waals surface area contributed by atoms with Gasteiger partial charge in [0.15, 0.2) is 0 Å². The van der Waals surface area contributed by atoms with Gasteiger partial charge in [0.25, 0.3) is 0 Å². The maximum Gasteiger partial charge on any atom is 0.333 e. The summed E-state index contributed by atoms with van der Waals surface area (Å²) in [4.78, 5) is 58.0. The van der Waals surface area contributed by atoms with Crippen molar-refractivity contribution in [1.82, 2.24) is 9.80 Å². The Kier molecular flexibility index (Phi) is 8.80. The van der Waals surface area contributed by atoms with Crippen LogP contribution in [0.3, 0.4) is 0 Å². The molecule has 6 rings (SSSR count). The zero-order valence-corrected chi connectivity index (χ0v) is 27.2. The van der Waals surface area contributed by atoms with Gasteiger partial charge in [0.1, 0.15) is 18.3 Å². The summed E-state index contributed by atoms with van der Waals surface area (Å²) >= 11 is 0. The number of hydrogen-bond donors (Lipinski definition) is 2. The van der Waals surface area contributed by atoms with Gasteiger partial charge in [-0.05, 0) is 53.3 Å². The van der Waals surface area contributed by atoms with Crippen LogP contribution in [0.25, 0.3) is 0 Å². The number of aliphatic hydroxyl groups excluding tert-OH is 1. The van der Waals surface area contributed by atoms with Crippen LogP contribution in [0.2, 0.25) is 0 Å². The lowest BCUT2D eigenvalue weighted by Crippen LogP contribution is -2.65. The average Bonchev–Trinajstić information content (AvgIpc) is 3.27. The number of aliphatic carboxylic acids is 1. The van der Waals surface area contributed by atoms with Crippen LogP contribution in [0.15, 0.2) is 42.0 Å². The first-order valence-electron chi connectivity index (χ1n) is 16.5. The first-order chi connectivity index (χ1) is 21.8. The fourth-order valence-corrected chi connectivity index (χ4v) is 9.10. The van der Waals surface area contributed by atoms with E-state index in [0.717, 1.165) is 0 Å². The van der Waals surface area contributed by atoms with Crippen LogP contribution in [-0.4, -0.2) is 107 Å². The molecule has 1 aromatic rings. The van der Waals surface area contributed by atoms with Crippen LogP contribution in [0, 0.1) is 17.3 Å². The van der Waals surface area contributed by atoms with Gasteiger partial charge < -0.3 is 24.4 Å². The van der Waals surface area contributed by atoms with E-state index in [9.17, 15) is 29.4 Å². The highest BCUT2D eigenvalue weighted by Crippen LogP contribution is 2.62. The molecule has 0 unspecified atom stereocenters. The standard InChI is InChI=1S/C35H46N2O9/c1-6-18(2)32(41)45-26-15-21-13-23(17-25(26)37(21)5)44-33(42)30-28(19-10-8-7-9-11-19)29(31(39)40)35(30,3)34(43)46-27-14-20-12-22(38)16-24(27)36(20)4/h6-11,20-30,38H,12-17H2,1-5H3,(H,39,40)/b18-6+/t20-,21-,22+,23+,24+,25+,26-,27-,28-,29+,30+,35-/m0/s1. The summed E-state index contributed by atoms with van der Waals surface area (Å²) in [6.45, 7) is 5.03. The van der Waals surface area contributed by atoms with E-state index in [-0.39, 0.29) is 36.2 Å². The highest BCUT2D eigenvalue weighted by atomic mass is 16.6. The van der Waals surface area contributed by atoms with E-state index in [1.54, 1.807) is 44.2 Å². The number of aliphatic hydroxyl groups is 1. The predicted molar refractivity (Wildman–Crippen MR) is 165 cm³/mol. The summed E-state index contributed by atoms with van der Waals surface area (Å²) < 4.78 is 18.1. The zero-order chi connectivity index (χ0) is 33.1. The Balaban J connectivity index is 1.23. The first-order valence-corrected chi connectivity index (χ1v) is 16.5. The van der Waals surface area contributed by atoms with Crippen LogP contribution in [0.1, 0.15) is 70.8 Å². The van der Waals surface area contributed by atoms with Crippen molar-refractivity contribution in [3.05, 3.63) is 47.5 Å². The molecular formula is C35H46N2O9. The number of carboxylic acid groups (broad SMARTS) is 1. The lowest BCUT2D eigenvalue weighted by Gasteiger charge is -2.55. The van der Waals surface area contributed by atoms with E-state index in [0.29, 0.717) is 49.7 Å².